The number of imide groups is 1. The molecule has 12 heteroatoms. The summed E-state index contributed by atoms with van der Waals surface area (Å²) in [5.41, 5.74) is 7.99. The van der Waals surface area contributed by atoms with E-state index in [0.717, 1.165) is 0 Å². The molecule has 0 unspecified atom stereocenters. The van der Waals surface area contributed by atoms with Gasteiger partial charge in [0.05, 0.1) is 18.3 Å². The second-order valence-electron chi connectivity index (χ2n) is 11.0. The van der Waals surface area contributed by atoms with Crippen LogP contribution in [0, 0.1) is 11.8 Å². The molecule has 3 aromatic carbocycles. The van der Waals surface area contributed by atoms with Crippen LogP contribution in [0.3, 0.4) is 0 Å². The van der Waals surface area contributed by atoms with Gasteiger partial charge < -0.3 is 10.5 Å². The van der Waals surface area contributed by atoms with Crippen molar-refractivity contribution in [1.29, 1.82) is 0 Å². The molecule has 44 heavy (non-hydrogen) atoms. The van der Waals surface area contributed by atoms with Gasteiger partial charge in [0, 0.05) is 22.9 Å². The first-order chi connectivity index (χ1) is 21.0. The van der Waals surface area contributed by atoms with E-state index >= 15 is 0 Å². The first kappa shape index (κ1) is 30.6. The number of rotatable bonds is 9. The fraction of sp³-hybridized carbons (Fsp3) is 0.281. The monoisotopic (exact) mass is 672 g/mol. The summed E-state index contributed by atoms with van der Waals surface area (Å²) in [6.45, 7) is 0. The van der Waals surface area contributed by atoms with Crippen LogP contribution in [0.4, 0.5) is 0 Å². The van der Waals surface area contributed by atoms with Crippen LogP contribution < -0.4 is 5.73 Å². The molecule has 1 heterocycles. The second-order valence-corrected chi connectivity index (χ2v) is 13.0. The molecule has 0 spiro atoms. The minimum absolute atomic E-state index is 0.0520. The van der Waals surface area contributed by atoms with Gasteiger partial charge in [0.15, 0.2) is 6.10 Å². The first-order valence-electron chi connectivity index (χ1n) is 13.8. The molecule has 1 saturated heterocycles. The maximum absolute atomic E-state index is 14.3. The maximum atomic E-state index is 14.3. The summed E-state index contributed by atoms with van der Waals surface area (Å²) < 4.78 is 5.58. The number of halogens is 4. The molecule has 0 radical (unpaired) electrons. The van der Waals surface area contributed by atoms with E-state index in [1.165, 1.54) is 24.3 Å². The van der Waals surface area contributed by atoms with Gasteiger partial charge in [0.1, 0.15) is 15.8 Å². The molecule has 1 aliphatic heterocycles. The number of carbonyl (C=O) groups excluding carboxylic acids is 5. The molecular formula is C32H24Cl4N2O6. The highest BCUT2D eigenvalue weighted by Gasteiger charge is 2.74. The molecule has 2 N–H and O–H groups in total. The lowest BCUT2D eigenvalue weighted by Crippen LogP contribution is -2.57. The van der Waals surface area contributed by atoms with Crippen LogP contribution in [0.1, 0.15) is 45.5 Å². The third-order valence-corrected chi connectivity index (χ3v) is 10.4. The Balaban J connectivity index is 1.40. The fourth-order valence-electron chi connectivity index (χ4n) is 6.83. The van der Waals surface area contributed by atoms with E-state index in [2.05, 4.69) is 0 Å². The quantitative estimate of drug-likeness (QED) is 0.149. The predicted molar refractivity (Wildman–Crippen MR) is 164 cm³/mol. The van der Waals surface area contributed by atoms with Gasteiger partial charge in [-0.15, -0.1) is 34.8 Å². The summed E-state index contributed by atoms with van der Waals surface area (Å²) in [7, 11) is 0. The van der Waals surface area contributed by atoms with Gasteiger partial charge in [0.25, 0.3) is 0 Å². The number of carbonyl (C=O) groups is 5. The van der Waals surface area contributed by atoms with Crippen LogP contribution in [0.2, 0.25) is 5.02 Å². The Labute approximate surface area is 272 Å². The molecule has 0 saturated carbocycles. The third-order valence-electron chi connectivity index (χ3n) is 8.65. The zero-order valence-corrected chi connectivity index (χ0v) is 25.9. The number of hydrogen-bond acceptors (Lipinski definition) is 6. The molecular weight excluding hydrogens is 650 g/mol. The van der Waals surface area contributed by atoms with Crippen LogP contribution in [0.15, 0.2) is 72.8 Å². The molecule has 0 aromatic heterocycles. The standard InChI is InChI=1S/C32H24Cl4N2O6/c33-14-13-23(27(40)16-9-11-17(34)12-10-16)44-30(43)22(15-24(37)39)38-28(41)25-26(29(38)42)32(36)19-6-2-1-5-18(19)31(25,35)20-7-3-4-8-21(20)32/h1-12,22-23,25-26H,13-15H2,(H2,37,39)/t22-,23-,25+,26+,31?,32?/m1/s1. The van der Waals surface area contributed by atoms with Crippen molar-refractivity contribution in [3.63, 3.8) is 0 Å². The van der Waals surface area contributed by atoms with Crippen molar-refractivity contribution in [2.75, 3.05) is 5.88 Å². The Morgan fingerprint density at radius 1 is 0.818 bits per heavy atom. The number of Topliss-reactive ketones (excluding diaryl/α,β-unsaturated/α-hetero) is 1. The molecule has 226 valence electrons. The van der Waals surface area contributed by atoms with Crippen LogP contribution in [0.25, 0.3) is 0 Å². The van der Waals surface area contributed by atoms with Gasteiger partial charge in [0.2, 0.25) is 23.5 Å². The van der Waals surface area contributed by atoms with E-state index in [9.17, 15) is 24.0 Å². The Morgan fingerprint density at radius 3 is 1.68 bits per heavy atom. The Hall–Kier alpha value is -3.43. The molecule has 3 amide bonds. The number of alkyl halides is 3. The number of ether oxygens (including phenoxy) is 1. The van der Waals surface area contributed by atoms with Gasteiger partial charge in [-0.1, -0.05) is 60.1 Å². The number of benzene rings is 3. The van der Waals surface area contributed by atoms with Crippen molar-refractivity contribution in [2.24, 2.45) is 17.6 Å². The molecule has 2 bridgehead atoms. The number of likely N-dealkylation sites (tertiary alicyclic amines) is 1. The zero-order chi connectivity index (χ0) is 31.6. The number of amides is 3. The first-order valence-corrected chi connectivity index (χ1v) is 15.4. The summed E-state index contributed by atoms with van der Waals surface area (Å²) in [4.78, 5) is 65.6. The smallest absolute Gasteiger partial charge is 0.330 e. The van der Waals surface area contributed by atoms with Gasteiger partial charge in [-0.05, 0) is 46.5 Å². The van der Waals surface area contributed by atoms with Crippen LogP contribution in [0.5, 0.6) is 0 Å². The number of hydrogen-bond donors (Lipinski definition) is 1. The molecule has 3 aliphatic carbocycles. The minimum atomic E-state index is -1.78. The number of nitrogens with zero attached hydrogens (tertiary/aromatic N) is 1. The summed E-state index contributed by atoms with van der Waals surface area (Å²) in [5, 5.41) is 0.397. The van der Waals surface area contributed by atoms with E-state index in [1.807, 2.05) is 0 Å². The largest absolute Gasteiger partial charge is 0.452 e. The van der Waals surface area contributed by atoms with Crippen LogP contribution in [-0.4, -0.2) is 52.4 Å². The van der Waals surface area contributed by atoms with Crippen molar-refractivity contribution < 1.29 is 28.7 Å². The summed E-state index contributed by atoms with van der Waals surface area (Å²) in [5.74, 6) is -6.80. The minimum Gasteiger partial charge on any atom is -0.452 e. The molecule has 7 rings (SSSR count). The van der Waals surface area contributed by atoms with E-state index in [-0.39, 0.29) is 17.9 Å². The summed E-state index contributed by atoms with van der Waals surface area (Å²) in [6.07, 6.45) is -2.20. The Kier molecular flexibility index (Phi) is 7.77. The van der Waals surface area contributed by atoms with E-state index in [0.29, 0.717) is 32.2 Å². The number of nitrogens with two attached hydrogens (primary N) is 1. The van der Waals surface area contributed by atoms with Crippen molar-refractivity contribution in [3.8, 4) is 0 Å². The second kappa shape index (κ2) is 11.2. The van der Waals surface area contributed by atoms with Crippen molar-refractivity contribution >= 4 is 75.9 Å². The molecule has 4 atom stereocenters. The number of ketones is 1. The van der Waals surface area contributed by atoms with Gasteiger partial charge in [-0.25, -0.2) is 4.79 Å². The third kappa shape index (κ3) is 4.37. The fourth-order valence-corrected chi connectivity index (χ4v) is 8.25. The van der Waals surface area contributed by atoms with Crippen molar-refractivity contribution in [3.05, 3.63) is 106 Å². The normalized spacial score (nSPS) is 26.0. The molecule has 3 aromatic rings. The lowest BCUT2D eigenvalue weighted by molar-refractivity contribution is -0.162. The van der Waals surface area contributed by atoms with Crippen LogP contribution >= 0.6 is 46.4 Å². The van der Waals surface area contributed by atoms with Gasteiger partial charge in [-0.3, -0.25) is 24.1 Å². The SMILES string of the molecule is NC(=O)C[C@H](C(=O)O[C@H](CCCl)C(=O)c1ccc(Cl)cc1)N1C(=O)[C@@H]2[C@@H](C1=O)C1(Cl)c3ccccc3C2(Cl)c2ccccc21. The maximum Gasteiger partial charge on any atom is 0.330 e. The number of esters is 1. The van der Waals surface area contributed by atoms with Crippen molar-refractivity contribution in [1.82, 2.24) is 4.90 Å². The average Bonchev–Trinajstić information content (AvgIpc) is 3.28. The highest BCUT2D eigenvalue weighted by molar-refractivity contribution is 6.36. The van der Waals surface area contributed by atoms with E-state index in [4.69, 9.17) is 56.9 Å². The van der Waals surface area contributed by atoms with Gasteiger partial charge in [-0.2, -0.15) is 0 Å². The lowest BCUT2D eigenvalue weighted by atomic mass is 9.54. The number of primary amides is 1. The molecule has 8 nitrogen and oxygen atoms in total. The topological polar surface area (TPSA) is 124 Å². The van der Waals surface area contributed by atoms with E-state index < -0.39 is 69.6 Å². The van der Waals surface area contributed by atoms with E-state index in [1.54, 1.807) is 48.5 Å². The highest BCUT2D eigenvalue weighted by atomic mass is 35.5. The lowest BCUT2D eigenvalue weighted by Gasteiger charge is -2.54. The summed E-state index contributed by atoms with van der Waals surface area (Å²) in [6, 6.07) is 18.3. The van der Waals surface area contributed by atoms with Crippen molar-refractivity contribution in [2.45, 2.75) is 34.7 Å². The predicted octanol–water partition coefficient (Wildman–Crippen LogP) is 4.90. The van der Waals surface area contributed by atoms with Gasteiger partial charge >= 0.3 is 5.97 Å². The molecule has 1 fully saturated rings. The Bertz CT molecular complexity index is 1610. The summed E-state index contributed by atoms with van der Waals surface area (Å²) >= 11 is 26.8. The highest BCUT2D eigenvalue weighted by Crippen LogP contribution is 2.69. The van der Waals surface area contributed by atoms with Crippen LogP contribution in [-0.2, 0) is 33.7 Å². The average molecular weight is 674 g/mol. The Morgan fingerprint density at radius 2 is 1.27 bits per heavy atom. The molecule has 4 aliphatic rings. The zero-order valence-electron chi connectivity index (χ0n) is 22.8.